The third-order valence-electron chi connectivity index (χ3n) is 1.59. The summed E-state index contributed by atoms with van der Waals surface area (Å²) in [6, 6.07) is 2.72. The molecule has 0 bridgehead atoms. The lowest BCUT2D eigenvalue weighted by Gasteiger charge is -2.10. The predicted octanol–water partition coefficient (Wildman–Crippen LogP) is 1.51. The Hall–Kier alpha value is -0.220. The summed E-state index contributed by atoms with van der Waals surface area (Å²) in [7, 11) is -3.74. The van der Waals surface area contributed by atoms with Crippen LogP contribution in [0, 0.1) is 0 Å². The fraction of sp³-hybridized carbons (Fsp3) is 0. The number of hydrogen-bond acceptors (Lipinski definition) is 3. The lowest BCUT2D eigenvalue weighted by molar-refractivity contribution is 0.597. The highest BCUT2D eigenvalue weighted by Gasteiger charge is 2.14. The third kappa shape index (κ3) is 3.39. The number of rotatable bonds is 2. The van der Waals surface area contributed by atoms with Crippen molar-refractivity contribution in [3.63, 3.8) is 0 Å². The summed E-state index contributed by atoms with van der Waals surface area (Å²) < 4.78 is 23.2. The van der Waals surface area contributed by atoms with Crippen LogP contribution in [0.4, 0.5) is 5.69 Å². The highest BCUT2D eigenvalue weighted by atomic mass is 79.9. The summed E-state index contributed by atoms with van der Waals surface area (Å²) in [6.07, 6.45) is 0. The van der Waals surface area contributed by atoms with Gasteiger partial charge in [0, 0.05) is 8.95 Å². The lowest BCUT2D eigenvalue weighted by Crippen LogP contribution is -2.20. The molecule has 0 aliphatic rings. The maximum atomic E-state index is 11.1. The Kier molecular flexibility index (Phi) is 4.29. The van der Waals surface area contributed by atoms with Crippen molar-refractivity contribution in [1.29, 1.82) is 0 Å². The van der Waals surface area contributed by atoms with E-state index in [1.165, 1.54) is 12.1 Å². The van der Waals surface area contributed by atoms with Crippen molar-refractivity contribution in [2.24, 2.45) is 10.9 Å². The van der Waals surface area contributed by atoms with Crippen LogP contribution in [0.15, 0.2) is 26.0 Å². The van der Waals surface area contributed by atoms with Crippen LogP contribution in [0.2, 0.25) is 0 Å². The number of anilines is 1. The number of sulfonamides is 1. The number of nitrogens with two attached hydrogens (primary N) is 2. The second kappa shape index (κ2) is 4.96. The normalized spacial score (nSPS) is 11.2. The fourth-order valence-electron chi connectivity index (χ4n) is 0.957. The largest absolute Gasteiger partial charge is 0.376 e. The number of halogens is 2. The van der Waals surface area contributed by atoms with Crippen LogP contribution in [-0.2, 0) is 10.0 Å². The number of hydrogen-bond donors (Lipinski definition) is 3. The van der Waals surface area contributed by atoms with E-state index in [9.17, 15) is 8.42 Å². The fourth-order valence-corrected chi connectivity index (χ4v) is 3.31. The van der Waals surface area contributed by atoms with E-state index in [2.05, 4.69) is 49.4 Å². The summed E-state index contributed by atoms with van der Waals surface area (Å²) in [5, 5.41) is 7.78. The van der Waals surface area contributed by atoms with Gasteiger partial charge in [0.25, 0.3) is 0 Å². The number of thiocarbonyl (C=S) groups is 1. The van der Waals surface area contributed by atoms with Crippen LogP contribution >= 0.6 is 44.1 Å². The molecule has 16 heavy (non-hydrogen) atoms. The molecule has 0 amide bonds. The molecular weight excluding hydrogens is 382 g/mol. The molecule has 0 spiro atoms. The number of nitrogens with one attached hydrogen (secondary N) is 1. The van der Waals surface area contributed by atoms with Gasteiger partial charge in [-0.05, 0) is 56.2 Å². The molecular formula is C7H7Br2N3O2S2. The van der Waals surface area contributed by atoms with Gasteiger partial charge in [-0.3, -0.25) is 0 Å². The maximum absolute atomic E-state index is 11.1. The van der Waals surface area contributed by atoms with Crippen molar-refractivity contribution in [2.45, 2.75) is 4.90 Å². The van der Waals surface area contributed by atoms with Crippen molar-refractivity contribution in [3.8, 4) is 0 Å². The predicted molar refractivity (Wildman–Crippen MR) is 73.6 cm³/mol. The molecule has 5 N–H and O–H groups in total. The van der Waals surface area contributed by atoms with Crippen molar-refractivity contribution < 1.29 is 8.42 Å². The van der Waals surface area contributed by atoms with Gasteiger partial charge in [0.15, 0.2) is 5.11 Å². The van der Waals surface area contributed by atoms with Gasteiger partial charge >= 0.3 is 0 Å². The molecule has 88 valence electrons. The van der Waals surface area contributed by atoms with Gasteiger partial charge in [-0.1, -0.05) is 0 Å². The van der Waals surface area contributed by atoms with Gasteiger partial charge in [0.05, 0.1) is 10.6 Å². The second-order valence-electron chi connectivity index (χ2n) is 2.80. The molecule has 0 aliphatic heterocycles. The van der Waals surface area contributed by atoms with Crippen molar-refractivity contribution in [1.82, 2.24) is 0 Å². The molecule has 0 unspecified atom stereocenters. The van der Waals surface area contributed by atoms with E-state index < -0.39 is 10.0 Å². The van der Waals surface area contributed by atoms with Crippen molar-refractivity contribution in [2.75, 3.05) is 5.32 Å². The molecule has 0 aliphatic carbocycles. The molecule has 0 atom stereocenters. The van der Waals surface area contributed by atoms with E-state index in [0.29, 0.717) is 14.6 Å². The Morgan fingerprint density at radius 2 is 1.75 bits per heavy atom. The van der Waals surface area contributed by atoms with Gasteiger partial charge in [-0.15, -0.1) is 0 Å². The summed E-state index contributed by atoms with van der Waals surface area (Å²) in [4.78, 5) is -0.0141. The average molecular weight is 389 g/mol. The minimum absolute atomic E-state index is 0.0141. The van der Waals surface area contributed by atoms with Crippen molar-refractivity contribution >= 4 is 64.9 Å². The standard InChI is InChI=1S/C7H7Br2N3O2S2/c8-4-1-3(16(11,13)14)2-5(9)6(4)12-7(10)15/h1-2H,(H3,10,12,15)(H2,11,13,14). The first-order valence-corrected chi connectivity index (χ1v) is 7.34. The van der Waals surface area contributed by atoms with E-state index in [0.717, 1.165) is 0 Å². The highest BCUT2D eigenvalue weighted by molar-refractivity contribution is 9.11. The Morgan fingerprint density at radius 3 is 2.06 bits per heavy atom. The van der Waals surface area contributed by atoms with Gasteiger partial charge in [0.1, 0.15) is 0 Å². The average Bonchev–Trinajstić information content (AvgIpc) is 2.09. The first-order chi connectivity index (χ1) is 7.21. The Labute approximate surface area is 115 Å². The van der Waals surface area contributed by atoms with E-state index in [1.54, 1.807) is 0 Å². The maximum Gasteiger partial charge on any atom is 0.238 e. The topological polar surface area (TPSA) is 98.2 Å². The van der Waals surface area contributed by atoms with Gasteiger partial charge in [-0.2, -0.15) is 0 Å². The minimum Gasteiger partial charge on any atom is -0.376 e. The van der Waals surface area contributed by atoms with Crippen LogP contribution in [0.5, 0.6) is 0 Å². The molecule has 0 heterocycles. The molecule has 1 aromatic carbocycles. The van der Waals surface area contributed by atoms with Crippen molar-refractivity contribution in [3.05, 3.63) is 21.1 Å². The Balaban J connectivity index is 3.34. The molecule has 0 radical (unpaired) electrons. The van der Waals surface area contributed by atoms with Crippen LogP contribution in [0.25, 0.3) is 0 Å². The zero-order valence-electron chi connectivity index (χ0n) is 7.70. The van der Waals surface area contributed by atoms with Crippen LogP contribution < -0.4 is 16.2 Å². The summed E-state index contributed by atoms with van der Waals surface area (Å²) in [5.41, 5.74) is 5.86. The minimum atomic E-state index is -3.74. The number of benzene rings is 1. The van der Waals surface area contributed by atoms with Gasteiger partial charge < -0.3 is 11.1 Å². The SMILES string of the molecule is NC(=S)Nc1c(Br)cc(S(N)(=O)=O)cc1Br. The first-order valence-electron chi connectivity index (χ1n) is 3.80. The number of primary sulfonamides is 1. The second-order valence-corrected chi connectivity index (χ2v) is 6.51. The molecule has 5 nitrogen and oxygen atoms in total. The van der Waals surface area contributed by atoms with Crippen LogP contribution in [-0.4, -0.2) is 13.5 Å². The zero-order chi connectivity index (χ0) is 12.5. The van der Waals surface area contributed by atoms with Crippen LogP contribution in [0.3, 0.4) is 0 Å². The monoisotopic (exact) mass is 387 g/mol. The summed E-state index contributed by atoms with van der Waals surface area (Å²) >= 11 is 11.1. The Bertz CT molecular complexity index is 522. The Morgan fingerprint density at radius 1 is 1.31 bits per heavy atom. The molecule has 0 saturated heterocycles. The van der Waals surface area contributed by atoms with Crippen LogP contribution in [0.1, 0.15) is 0 Å². The zero-order valence-corrected chi connectivity index (χ0v) is 12.5. The van der Waals surface area contributed by atoms with Gasteiger partial charge in [-0.25, -0.2) is 13.6 Å². The smallest absolute Gasteiger partial charge is 0.238 e. The molecule has 9 heteroatoms. The molecule has 1 rings (SSSR count). The van der Waals surface area contributed by atoms with E-state index in [-0.39, 0.29) is 10.0 Å². The summed E-state index contributed by atoms with van der Waals surface area (Å²) in [6.45, 7) is 0. The summed E-state index contributed by atoms with van der Waals surface area (Å²) in [5.74, 6) is 0. The molecule has 0 fully saturated rings. The van der Waals surface area contributed by atoms with E-state index in [4.69, 9.17) is 10.9 Å². The molecule has 0 aromatic heterocycles. The molecule has 0 saturated carbocycles. The quantitative estimate of drug-likeness (QED) is 0.667. The first kappa shape index (κ1) is 13.8. The highest BCUT2D eigenvalue weighted by Crippen LogP contribution is 2.33. The molecule has 1 aromatic rings. The van der Waals surface area contributed by atoms with E-state index in [1.807, 2.05) is 0 Å². The lowest BCUT2D eigenvalue weighted by atomic mass is 10.3. The van der Waals surface area contributed by atoms with Gasteiger partial charge in [0.2, 0.25) is 10.0 Å². The third-order valence-corrected chi connectivity index (χ3v) is 3.84. The van der Waals surface area contributed by atoms with E-state index >= 15 is 0 Å².